The number of pyridine rings is 1. The van der Waals surface area contributed by atoms with Crippen LogP contribution in [0, 0.1) is 13.8 Å². The predicted octanol–water partition coefficient (Wildman–Crippen LogP) is 2.96. The lowest BCUT2D eigenvalue weighted by molar-refractivity contribution is 0.322. The summed E-state index contributed by atoms with van der Waals surface area (Å²) in [6.45, 7) is 8.13. The molecule has 24 heavy (non-hydrogen) atoms. The van der Waals surface area contributed by atoms with Gasteiger partial charge in [-0.2, -0.15) is 0 Å². The Morgan fingerprint density at radius 2 is 1.88 bits per heavy atom. The minimum atomic E-state index is 0.601. The number of nitrogens with one attached hydrogen (secondary N) is 2. The summed E-state index contributed by atoms with van der Waals surface area (Å²) in [4.78, 5) is 8.54. The second-order valence-electron chi connectivity index (χ2n) is 5.61. The molecule has 0 radical (unpaired) electrons. The van der Waals surface area contributed by atoms with Crippen molar-refractivity contribution in [2.24, 2.45) is 4.99 Å². The molecule has 1 heterocycles. The first-order valence-electron chi connectivity index (χ1n) is 8.21. The first kappa shape index (κ1) is 17.8. The zero-order valence-corrected chi connectivity index (χ0v) is 14.9. The van der Waals surface area contributed by atoms with Crippen LogP contribution in [0.25, 0.3) is 0 Å². The zero-order valence-electron chi connectivity index (χ0n) is 14.9. The number of hydrogen-bond acceptors (Lipinski definition) is 3. The molecular formula is C19H26N4O. The minimum Gasteiger partial charge on any atom is -0.478 e. The maximum Gasteiger partial charge on any atom is 0.218 e. The average Bonchev–Trinajstić information content (AvgIpc) is 2.58. The summed E-state index contributed by atoms with van der Waals surface area (Å²) in [7, 11) is 1.77. The molecule has 0 bridgehead atoms. The molecule has 0 aliphatic heterocycles. The van der Waals surface area contributed by atoms with Crippen molar-refractivity contribution in [1.29, 1.82) is 0 Å². The highest BCUT2D eigenvalue weighted by atomic mass is 16.5. The molecule has 0 aliphatic rings. The number of aryl methyl sites for hydroxylation is 2. The molecule has 128 valence electrons. The lowest BCUT2D eigenvalue weighted by Gasteiger charge is -2.14. The van der Waals surface area contributed by atoms with Gasteiger partial charge in [0.05, 0.1) is 6.61 Å². The van der Waals surface area contributed by atoms with Crippen molar-refractivity contribution in [3.8, 4) is 5.88 Å². The van der Waals surface area contributed by atoms with E-state index in [1.54, 1.807) is 13.2 Å². The van der Waals surface area contributed by atoms with Crippen LogP contribution in [-0.2, 0) is 13.1 Å². The van der Waals surface area contributed by atoms with Crippen LogP contribution in [0.1, 0.15) is 29.2 Å². The van der Waals surface area contributed by atoms with E-state index in [0.29, 0.717) is 19.0 Å². The molecule has 2 N–H and O–H groups in total. The zero-order chi connectivity index (χ0) is 17.4. The van der Waals surface area contributed by atoms with Crippen LogP contribution < -0.4 is 15.4 Å². The van der Waals surface area contributed by atoms with Gasteiger partial charge in [-0.3, -0.25) is 4.99 Å². The molecule has 0 spiro atoms. The van der Waals surface area contributed by atoms with Crippen LogP contribution in [0.3, 0.4) is 0 Å². The molecule has 0 saturated heterocycles. The van der Waals surface area contributed by atoms with Crippen molar-refractivity contribution in [1.82, 2.24) is 15.6 Å². The van der Waals surface area contributed by atoms with Crippen LogP contribution in [0.5, 0.6) is 5.88 Å². The summed E-state index contributed by atoms with van der Waals surface area (Å²) in [6, 6.07) is 10.4. The van der Waals surface area contributed by atoms with Gasteiger partial charge in [0.2, 0.25) is 5.88 Å². The van der Waals surface area contributed by atoms with E-state index in [1.807, 2.05) is 19.1 Å². The van der Waals surface area contributed by atoms with E-state index in [2.05, 4.69) is 52.7 Å². The molecule has 0 fully saturated rings. The molecule has 2 aromatic rings. The summed E-state index contributed by atoms with van der Waals surface area (Å²) < 4.78 is 5.55. The number of ether oxygens (including phenoxy) is 1. The fourth-order valence-corrected chi connectivity index (χ4v) is 2.45. The molecule has 0 unspecified atom stereocenters. The maximum atomic E-state index is 5.55. The standard InChI is InChI=1S/C19H26N4O/c1-5-24-18-17(7-6-10-21-18)13-23-19(20-4)22-12-16-9-8-14(2)11-15(16)3/h6-11H,5,12-13H2,1-4H3,(H2,20,22,23). The van der Waals surface area contributed by atoms with E-state index < -0.39 is 0 Å². The topological polar surface area (TPSA) is 58.5 Å². The molecule has 0 amide bonds. The van der Waals surface area contributed by atoms with Crippen LogP contribution >= 0.6 is 0 Å². The molecule has 5 nitrogen and oxygen atoms in total. The van der Waals surface area contributed by atoms with Crippen molar-refractivity contribution in [3.63, 3.8) is 0 Å². The lowest BCUT2D eigenvalue weighted by atomic mass is 10.1. The maximum absolute atomic E-state index is 5.55. The third-order valence-corrected chi connectivity index (χ3v) is 3.75. The highest BCUT2D eigenvalue weighted by molar-refractivity contribution is 5.79. The largest absolute Gasteiger partial charge is 0.478 e. The minimum absolute atomic E-state index is 0.601. The highest BCUT2D eigenvalue weighted by Gasteiger charge is 2.06. The smallest absolute Gasteiger partial charge is 0.218 e. The fourth-order valence-electron chi connectivity index (χ4n) is 2.45. The second-order valence-corrected chi connectivity index (χ2v) is 5.61. The quantitative estimate of drug-likeness (QED) is 0.633. The van der Waals surface area contributed by atoms with Crippen molar-refractivity contribution in [2.45, 2.75) is 33.9 Å². The van der Waals surface area contributed by atoms with Gasteiger partial charge in [0.1, 0.15) is 0 Å². The Bertz CT molecular complexity index is 698. The van der Waals surface area contributed by atoms with Gasteiger partial charge in [-0.1, -0.05) is 29.8 Å². The highest BCUT2D eigenvalue weighted by Crippen LogP contribution is 2.14. The van der Waals surface area contributed by atoms with Gasteiger partial charge in [0.25, 0.3) is 0 Å². The van der Waals surface area contributed by atoms with E-state index >= 15 is 0 Å². The first-order chi connectivity index (χ1) is 11.6. The number of rotatable bonds is 6. The van der Waals surface area contributed by atoms with Gasteiger partial charge < -0.3 is 15.4 Å². The Hall–Kier alpha value is -2.56. The molecule has 2 rings (SSSR count). The molecule has 5 heteroatoms. The van der Waals surface area contributed by atoms with Gasteiger partial charge >= 0.3 is 0 Å². The van der Waals surface area contributed by atoms with Crippen LogP contribution in [0.2, 0.25) is 0 Å². The van der Waals surface area contributed by atoms with Gasteiger partial charge in [-0.05, 0) is 38.0 Å². The normalized spacial score (nSPS) is 11.2. The van der Waals surface area contributed by atoms with Crippen molar-refractivity contribution in [2.75, 3.05) is 13.7 Å². The van der Waals surface area contributed by atoms with E-state index in [0.717, 1.165) is 18.1 Å². The number of aliphatic imine (C=N–C) groups is 1. The first-order valence-corrected chi connectivity index (χ1v) is 8.21. The Morgan fingerprint density at radius 3 is 2.54 bits per heavy atom. The van der Waals surface area contributed by atoms with Crippen molar-refractivity contribution >= 4 is 5.96 Å². The van der Waals surface area contributed by atoms with E-state index in [9.17, 15) is 0 Å². The molecule has 0 saturated carbocycles. The van der Waals surface area contributed by atoms with E-state index in [-0.39, 0.29) is 0 Å². The number of benzene rings is 1. The van der Waals surface area contributed by atoms with E-state index in [1.165, 1.54) is 16.7 Å². The van der Waals surface area contributed by atoms with Crippen molar-refractivity contribution < 1.29 is 4.74 Å². The monoisotopic (exact) mass is 326 g/mol. The van der Waals surface area contributed by atoms with Crippen LogP contribution in [-0.4, -0.2) is 24.6 Å². The van der Waals surface area contributed by atoms with Crippen LogP contribution in [0.4, 0.5) is 0 Å². The summed E-state index contributed by atoms with van der Waals surface area (Å²) in [5, 5.41) is 6.65. The number of aromatic nitrogens is 1. The SMILES string of the molecule is CCOc1ncccc1CNC(=NC)NCc1ccc(C)cc1C. The van der Waals surface area contributed by atoms with Crippen molar-refractivity contribution in [3.05, 3.63) is 58.8 Å². The lowest BCUT2D eigenvalue weighted by Crippen LogP contribution is -2.36. The number of nitrogens with zero attached hydrogens (tertiary/aromatic N) is 2. The molecular weight excluding hydrogens is 300 g/mol. The molecule has 1 aromatic carbocycles. The summed E-state index contributed by atoms with van der Waals surface area (Å²) in [6.07, 6.45) is 1.74. The third kappa shape index (κ3) is 4.98. The second kappa shape index (κ2) is 8.91. The average molecular weight is 326 g/mol. The van der Waals surface area contributed by atoms with Gasteiger partial charge in [0, 0.05) is 31.9 Å². The Kier molecular flexibility index (Phi) is 6.61. The van der Waals surface area contributed by atoms with Crippen LogP contribution in [0.15, 0.2) is 41.5 Å². The molecule has 1 aromatic heterocycles. The fraction of sp³-hybridized carbons (Fsp3) is 0.368. The Balaban J connectivity index is 1.93. The Morgan fingerprint density at radius 1 is 1.12 bits per heavy atom. The summed E-state index contributed by atoms with van der Waals surface area (Å²) in [5.74, 6) is 1.42. The number of hydrogen-bond donors (Lipinski definition) is 2. The van der Waals surface area contributed by atoms with Gasteiger partial charge in [-0.25, -0.2) is 4.98 Å². The molecule has 0 aliphatic carbocycles. The summed E-state index contributed by atoms with van der Waals surface area (Å²) >= 11 is 0. The van der Waals surface area contributed by atoms with Gasteiger partial charge in [-0.15, -0.1) is 0 Å². The Labute approximate surface area is 144 Å². The predicted molar refractivity (Wildman–Crippen MR) is 98.4 cm³/mol. The van der Waals surface area contributed by atoms with E-state index in [4.69, 9.17) is 4.74 Å². The molecule has 0 atom stereocenters. The third-order valence-electron chi connectivity index (χ3n) is 3.75. The van der Waals surface area contributed by atoms with Gasteiger partial charge in [0.15, 0.2) is 5.96 Å². The number of guanidine groups is 1. The summed E-state index contributed by atoms with van der Waals surface area (Å²) in [5.41, 5.74) is 4.83.